The molecule has 0 unspecified atom stereocenters. The molecule has 11 nitrogen and oxygen atoms in total. The van der Waals surface area contributed by atoms with Gasteiger partial charge in [0.25, 0.3) is 11.8 Å². The fourth-order valence-corrected chi connectivity index (χ4v) is 5.88. The number of carbonyl (C=O) groups excluding carboxylic acids is 2. The van der Waals surface area contributed by atoms with E-state index in [1.807, 2.05) is 18.2 Å². The van der Waals surface area contributed by atoms with Crippen molar-refractivity contribution in [2.24, 2.45) is 10.8 Å². The van der Waals surface area contributed by atoms with E-state index in [1.165, 1.54) is 6.33 Å². The van der Waals surface area contributed by atoms with E-state index in [0.717, 1.165) is 30.5 Å². The summed E-state index contributed by atoms with van der Waals surface area (Å²) < 4.78 is 5.41. The van der Waals surface area contributed by atoms with Crippen molar-refractivity contribution in [2.45, 2.75) is 45.1 Å². The molecule has 2 bridgehead atoms. The van der Waals surface area contributed by atoms with Crippen LogP contribution in [0.3, 0.4) is 0 Å². The van der Waals surface area contributed by atoms with Crippen LogP contribution in [0.15, 0.2) is 30.7 Å². The largest absolute Gasteiger partial charge is 0.482 e. The summed E-state index contributed by atoms with van der Waals surface area (Å²) in [6, 6.07) is 5.60. The first-order valence-electron chi connectivity index (χ1n) is 12.5. The number of anilines is 2. The number of aromatic amines is 1. The molecule has 1 aliphatic heterocycles. The Morgan fingerprint density at radius 1 is 1.11 bits per heavy atom. The van der Waals surface area contributed by atoms with Gasteiger partial charge in [-0.2, -0.15) is 0 Å². The Balaban J connectivity index is 1.12. The average Bonchev–Trinajstić information content (AvgIpc) is 3.34. The molecule has 3 fully saturated rings. The summed E-state index contributed by atoms with van der Waals surface area (Å²) in [5, 5.41) is 18.8. The standard InChI is InChI=1S/C26H28N6O5/c33-19-12-37-18-2-1-15(9-16(18)32-19)10-27-17-11-28-21-20(17)30-14-31-22(21)23(34)29-13-25-3-6-26(7-4-25,8-5-25)24(35)36/h1-2,9,11,14,27-28H,3-8,10,12-13H2,(H,29,34)(H,32,33)(H,35,36). The van der Waals surface area contributed by atoms with E-state index in [-0.39, 0.29) is 29.5 Å². The lowest BCUT2D eigenvalue weighted by atomic mass is 9.53. The monoisotopic (exact) mass is 504 g/mol. The van der Waals surface area contributed by atoms with Crippen LogP contribution < -0.4 is 20.7 Å². The second kappa shape index (κ2) is 8.75. The highest BCUT2D eigenvalue weighted by Crippen LogP contribution is 2.56. The van der Waals surface area contributed by atoms with E-state index in [0.29, 0.717) is 54.8 Å². The van der Waals surface area contributed by atoms with Crippen molar-refractivity contribution in [3.05, 3.63) is 42.0 Å². The van der Waals surface area contributed by atoms with Crippen molar-refractivity contribution < 1.29 is 24.2 Å². The second-order valence-electron chi connectivity index (χ2n) is 10.4. The summed E-state index contributed by atoms with van der Waals surface area (Å²) in [5.74, 6) is -0.504. The van der Waals surface area contributed by atoms with Gasteiger partial charge in [-0.1, -0.05) is 6.07 Å². The van der Waals surface area contributed by atoms with Gasteiger partial charge >= 0.3 is 5.97 Å². The zero-order chi connectivity index (χ0) is 25.6. The van der Waals surface area contributed by atoms with E-state index >= 15 is 0 Å². The number of benzene rings is 1. The number of carboxylic acid groups (broad SMARTS) is 1. The Hall–Kier alpha value is -4.15. The highest BCUT2D eigenvalue weighted by atomic mass is 16.5. The minimum Gasteiger partial charge on any atom is -0.482 e. The highest BCUT2D eigenvalue weighted by Gasteiger charge is 2.52. The Morgan fingerprint density at radius 2 is 1.89 bits per heavy atom. The number of amides is 2. The SMILES string of the molecule is O=C1COc2ccc(CNc3c[nH]c4c(C(=O)NCC56CCC(C(=O)O)(CC5)CC6)ncnc34)cc2N1. The number of carboxylic acids is 1. The molecule has 2 amide bonds. The molecule has 0 spiro atoms. The van der Waals surface area contributed by atoms with Crippen molar-refractivity contribution in [3.63, 3.8) is 0 Å². The summed E-state index contributed by atoms with van der Waals surface area (Å²) in [5.41, 5.74) is 3.12. The van der Waals surface area contributed by atoms with Crippen molar-refractivity contribution in [1.29, 1.82) is 0 Å². The molecule has 1 aromatic carbocycles. The van der Waals surface area contributed by atoms with Gasteiger partial charge in [0.15, 0.2) is 12.3 Å². The molecule has 7 rings (SSSR count). The van der Waals surface area contributed by atoms with Gasteiger partial charge in [-0.15, -0.1) is 0 Å². The number of hydrogen-bond donors (Lipinski definition) is 5. The molecule has 0 atom stereocenters. The van der Waals surface area contributed by atoms with E-state index in [1.54, 1.807) is 6.20 Å². The molecule has 4 aliphatic rings. The molecule has 5 N–H and O–H groups in total. The molecule has 2 aromatic heterocycles. The van der Waals surface area contributed by atoms with Gasteiger partial charge in [0.2, 0.25) is 0 Å². The smallest absolute Gasteiger partial charge is 0.309 e. The van der Waals surface area contributed by atoms with Crippen LogP contribution in [0, 0.1) is 10.8 Å². The van der Waals surface area contributed by atoms with E-state index in [2.05, 4.69) is 30.9 Å². The predicted molar refractivity (Wildman–Crippen MR) is 134 cm³/mol. The van der Waals surface area contributed by atoms with Crippen LogP contribution in [0.5, 0.6) is 5.75 Å². The quantitative estimate of drug-likeness (QED) is 0.328. The van der Waals surface area contributed by atoms with E-state index in [9.17, 15) is 19.5 Å². The molecule has 3 saturated carbocycles. The predicted octanol–water partition coefficient (Wildman–Crippen LogP) is 3.06. The number of aromatic nitrogens is 3. The minimum atomic E-state index is -0.684. The number of aliphatic carboxylic acids is 1. The molecule has 0 radical (unpaired) electrons. The van der Waals surface area contributed by atoms with Crippen molar-refractivity contribution in [3.8, 4) is 5.75 Å². The first kappa shape index (κ1) is 23.3. The van der Waals surface area contributed by atoms with E-state index in [4.69, 9.17) is 4.74 Å². The molecule has 3 heterocycles. The average molecular weight is 505 g/mol. The van der Waals surface area contributed by atoms with Crippen LogP contribution in [0.25, 0.3) is 11.0 Å². The number of ether oxygens (including phenoxy) is 1. The maximum absolute atomic E-state index is 13.1. The Bertz CT molecular complexity index is 1390. The second-order valence-corrected chi connectivity index (χ2v) is 10.4. The maximum Gasteiger partial charge on any atom is 0.309 e. The van der Waals surface area contributed by atoms with Crippen molar-refractivity contribution >= 4 is 40.2 Å². The van der Waals surface area contributed by atoms with Gasteiger partial charge in [0.1, 0.15) is 17.6 Å². The normalized spacial score (nSPS) is 24.2. The van der Waals surface area contributed by atoms with E-state index < -0.39 is 11.4 Å². The third kappa shape index (κ3) is 4.13. The number of rotatable bonds is 7. The zero-order valence-electron chi connectivity index (χ0n) is 20.2. The van der Waals surface area contributed by atoms with Crippen LogP contribution in [0.1, 0.15) is 54.6 Å². The van der Waals surface area contributed by atoms with Crippen LogP contribution in [-0.2, 0) is 16.1 Å². The zero-order valence-corrected chi connectivity index (χ0v) is 20.2. The first-order valence-corrected chi connectivity index (χ1v) is 12.5. The topological polar surface area (TPSA) is 158 Å². The molecule has 3 aliphatic carbocycles. The number of H-pyrrole nitrogens is 1. The Kier molecular flexibility index (Phi) is 5.50. The lowest BCUT2D eigenvalue weighted by molar-refractivity contribution is -0.158. The number of fused-ring (bicyclic) bond motifs is 5. The first-order chi connectivity index (χ1) is 17.9. The maximum atomic E-state index is 13.1. The summed E-state index contributed by atoms with van der Waals surface area (Å²) in [6.07, 6.45) is 7.59. The minimum absolute atomic E-state index is 0.0158. The fraction of sp³-hybridized carbons (Fsp3) is 0.423. The molecule has 0 saturated heterocycles. The third-order valence-corrected chi connectivity index (χ3v) is 8.32. The Labute approximate surface area is 212 Å². The van der Waals surface area contributed by atoms with Gasteiger partial charge < -0.3 is 30.8 Å². The molecule has 192 valence electrons. The number of carbonyl (C=O) groups is 3. The highest BCUT2D eigenvalue weighted by molar-refractivity contribution is 6.05. The van der Waals surface area contributed by atoms with Gasteiger partial charge in [0, 0.05) is 19.3 Å². The van der Waals surface area contributed by atoms with Crippen LogP contribution >= 0.6 is 0 Å². The molecular formula is C26H28N6O5. The van der Waals surface area contributed by atoms with Crippen molar-refractivity contribution in [2.75, 3.05) is 23.8 Å². The summed E-state index contributed by atoms with van der Waals surface area (Å²) >= 11 is 0. The van der Waals surface area contributed by atoms with Gasteiger partial charge in [0.05, 0.1) is 22.3 Å². The van der Waals surface area contributed by atoms with Gasteiger partial charge in [-0.25, -0.2) is 9.97 Å². The van der Waals surface area contributed by atoms with Crippen LogP contribution in [0.4, 0.5) is 11.4 Å². The third-order valence-electron chi connectivity index (χ3n) is 8.32. The Morgan fingerprint density at radius 3 is 2.65 bits per heavy atom. The lowest BCUT2D eigenvalue weighted by Crippen LogP contribution is -2.50. The fourth-order valence-electron chi connectivity index (χ4n) is 5.88. The summed E-state index contributed by atoms with van der Waals surface area (Å²) in [4.78, 5) is 48.1. The molecule has 3 aromatic rings. The number of nitrogens with one attached hydrogen (secondary N) is 4. The van der Waals surface area contributed by atoms with Gasteiger partial charge in [-0.05, 0) is 61.6 Å². The van der Waals surface area contributed by atoms with Gasteiger partial charge in [-0.3, -0.25) is 14.4 Å². The number of hydrogen-bond acceptors (Lipinski definition) is 7. The summed E-state index contributed by atoms with van der Waals surface area (Å²) in [6.45, 7) is 1.00. The number of nitrogens with zero attached hydrogens (tertiary/aromatic N) is 2. The molecule has 37 heavy (non-hydrogen) atoms. The van der Waals surface area contributed by atoms with Crippen LogP contribution in [-0.4, -0.2) is 51.0 Å². The molecular weight excluding hydrogens is 476 g/mol. The lowest BCUT2D eigenvalue weighted by Gasteiger charge is -2.51. The molecule has 11 heteroatoms. The van der Waals surface area contributed by atoms with Crippen molar-refractivity contribution in [1.82, 2.24) is 20.3 Å². The summed E-state index contributed by atoms with van der Waals surface area (Å²) in [7, 11) is 0. The van der Waals surface area contributed by atoms with Crippen LogP contribution in [0.2, 0.25) is 0 Å².